The minimum atomic E-state index is 0.0879. The van der Waals surface area contributed by atoms with Crippen LogP contribution < -0.4 is 0 Å². The molecule has 0 aliphatic carbocycles. The van der Waals surface area contributed by atoms with Gasteiger partial charge in [0, 0.05) is 21.0 Å². The number of rotatable bonds is 2. The summed E-state index contributed by atoms with van der Waals surface area (Å²) in [6, 6.07) is 7.97. The lowest BCUT2D eigenvalue weighted by Gasteiger charge is -1.92. The minimum absolute atomic E-state index is 0.0879. The highest BCUT2D eigenvalue weighted by atomic mass is 32.1. The maximum Gasteiger partial charge on any atom is 0.186 e. The van der Waals surface area contributed by atoms with Crippen molar-refractivity contribution in [2.45, 2.75) is 6.92 Å². The third-order valence-corrected chi connectivity index (χ3v) is 3.03. The number of hydrogen-bond donors (Lipinski definition) is 0. The van der Waals surface area contributed by atoms with Crippen LogP contribution in [0.4, 0.5) is 0 Å². The van der Waals surface area contributed by atoms with Gasteiger partial charge in [0.25, 0.3) is 0 Å². The average molecular weight is 202 g/mol. The van der Waals surface area contributed by atoms with E-state index in [-0.39, 0.29) is 5.78 Å². The van der Waals surface area contributed by atoms with E-state index in [0.29, 0.717) is 0 Å². The molecular formula is C12H10OS. The number of carbonyl (C=O) groups is 1. The number of benzene rings is 1. The van der Waals surface area contributed by atoms with E-state index in [1.807, 2.05) is 36.6 Å². The zero-order valence-corrected chi connectivity index (χ0v) is 8.67. The van der Waals surface area contributed by atoms with Gasteiger partial charge < -0.3 is 0 Å². The van der Waals surface area contributed by atoms with Gasteiger partial charge in [-0.05, 0) is 19.1 Å². The average Bonchev–Trinajstić information content (AvgIpc) is 2.61. The van der Waals surface area contributed by atoms with Crippen molar-refractivity contribution in [3.63, 3.8) is 0 Å². The highest BCUT2D eigenvalue weighted by molar-refractivity contribution is 7.17. The third kappa shape index (κ3) is 1.49. The topological polar surface area (TPSA) is 17.1 Å². The Labute approximate surface area is 86.7 Å². The first-order chi connectivity index (χ1) is 6.83. The Balaban J connectivity index is 2.58. The summed E-state index contributed by atoms with van der Waals surface area (Å²) in [5, 5.41) is 2.98. The summed E-state index contributed by atoms with van der Waals surface area (Å²) < 4.78 is 1.17. The van der Waals surface area contributed by atoms with E-state index in [1.54, 1.807) is 23.5 Å². The summed E-state index contributed by atoms with van der Waals surface area (Å²) in [5.41, 5.74) is 0.809. The minimum Gasteiger partial charge on any atom is -0.289 e. The maximum atomic E-state index is 11.6. The predicted molar refractivity (Wildman–Crippen MR) is 61.0 cm³/mol. The Hall–Kier alpha value is -1.41. The van der Waals surface area contributed by atoms with Crippen LogP contribution in [0.15, 0.2) is 41.8 Å². The van der Waals surface area contributed by atoms with Gasteiger partial charge in [0.15, 0.2) is 5.78 Å². The van der Waals surface area contributed by atoms with E-state index in [2.05, 4.69) is 0 Å². The van der Waals surface area contributed by atoms with Crippen molar-refractivity contribution in [1.29, 1.82) is 0 Å². The number of ketones is 1. The van der Waals surface area contributed by atoms with Gasteiger partial charge >= 0.3 is 0 Å². The Morgan fingerprint density at radius 3 is 2.93 bits per heavy atom. The van der Waals surface area contributed by atoms with Crippen molar-refractivity contribution in [3.05, 3.63) is 47.4 Å². The van der Waals surface area contributed by atoms with Gasteiger partial charge in [-0.3, -0.25) is 4.79 Å². The Kier molecular flexibility index (Phi) is 2.46. The van der Waals surface area contributed by atoms with Gasteiger partial charge in [0.1, 0.15) is 0 Å². The van der Waals surface area contributed by atoms with Crippen molar-refractivity contribution in [2.24, 2.45) is 0 Å². The molecule has 2 heteroatoms. The van der Waals surface area contributed by atoms with Crippen molar-refractivity contribution in [3.8, 4) is 0 Å². The second-order valence-corrected chi connectivity index (χ2v) is 3.92. The van der Waals surface area contributed by atoms with Crippen LogP contribution in [0.2, 0.25) is 0 Å². The molecule has 0 aliphatic rings. The molecule has 0 radical (unpaired) electrons. The van der Waals surface area contributed by atoms with Crippen LogP contribution in [-0.4, -0.2) is 5.78 Å². The zero-order valence-electron chi connectivity index (χ0n) is 7.86. The smallest absolute Gasteiger partial charge is 0.186 e. The van der Waals surface area contributed by atoms with Crippen molar-refractivity contribution in [2.75, 3.05) is 0 Å². The molecule has 1 nitrogen and oxygen atoms in total. The lowest BCUT2D eigenvalue weighted by atomic mass is 10.1. The lowest BCUT2D eigenvalue weighted by molar-refractivity contribution is 0.104. The van der Waals surface area contributed by atoms with Crippen LogP contribution in [0.5, 0.6) is 0 Å². The zero-order chi connectivity index (χ0) is 9.97. The summed E-state index contributed by atoms with van der Waals surface area (Å²) in [5.74, 6) is 0.0879. The van der Waals surface area contributed by atoms with E-state index in [1.165, 1.54) is 4.70 Å². The third-order valence-electron chi connectivity index (χ3n) is 2.06. The molecule has 0 fully saturated rings. The first kappa shape index (κ1) is 9.16. The molecule has 0 amide bonds. The van der Waals surface area contributed by atoms with Gasteiger partial charge in [-0.1, -0.05) is 24.3 Å². The maximum absolute atomic E-state index is 11.6. The van der Waals surface area contributed by atoms with E-state index in [0.717, 1.165) is 10.9 Å². The van der Waals surface area contributed by atoms with Crippen molar-refractivity contribution in [1.82, 2.24) is 0 Å². The van der Waals surface area contributed by atoms with Crippen LogP contribution in [0.25, 0.3) is 10.1 Å². The van der Waals surface area contributed by atoms with E-state index in [9.17, 15) is 4.79 Å². The highest BCUT2D eigenvalue weighted by Crippen LogP contribution is 2.25. The SMILES string of the molecule is C/C=C/C(=O)c1csc2ccccc12. The monoisotopic (exact) mass is 202 g/mol. The van der Waals surface area contributed by atoms with Crippen LogP contribution in [-0.2, 0) is 0 Å². The molecule has 1 aromatic carbocycles. The summed E-state index contributed by atoms with van der Waals surface area (Å²) >= 11 is 1.61. The highest BCUT2D eigenvalue weighted by Gasteiger charge is 2.07. The first-order valence-corrected chi connectivity index (χ1v) is 5.34. The van der Waals surface area contributed by atoms with Gasteiger partial charge in [-0.25, -0.2) is 0 Å². The van der Waals surface area contributed by atoms with Crippen LogP contribution in [0.1, 0.15) is 17.3 Å². The fourth-order valence-corrected chi connectivity index (χ4v) is 2.36. The molecule has 0 atom stereocenters. The molecule has 0 unspecified atom stereocenters. The Morgan fingerprint density at radius 1 is 1.36 bits per heavy atom. The summed E-state index contributed by atoms with van der Waals surface area (Å²) in [6.45, 7) is 1.85. The van der Waals surface area contributed by atoms with Crippen LogP contribution >= 0.6 is 11.3 Å². The molecule has 1 heterocycles. The molecule has 0 saturated carbocycles. The Morgan fingerprint density at radius 2 is 2.14 bits per heavy atom. The molecule has 2 aromatic rings. The van der Waals surface area contributed by atoms with Gasteiger partial charge in [-0.2, -0.15) is 0 Å². The summed E-state index contributed by atoms with van der Waals surface area (Å²) in [6.07, 6.45) is 3.38. The number of carbonyl (C=O) groups excluding carboxylic acids is 1. The van der Waals surface area contributed by atoms with Crippen molar-refractivity contribution >= 4 is 27.2 Å². The molecule has 0 bridgehead atoms. The number of hydrogen-bond acceptors (Lipinski definition) is 2. The predicted octanol–water partition coefficient (Wildman–Crippen LogP) is 3.66. The molecule has 0 saturated heterocycles. The molecule has 14 heavy (non-hydrogen) atoms. The summed E-state index contributed by atoms with van der Waals surface area (Å²) in [7, 11) is 0. The second-order valence-electron chi connectivity index (χ2n) is 3.01. The normalized spacial score (nSPS) is 11.2. The van der Waals surface area contributed by atoms with E-state index < -0.39 is 0 Å². The largest absolute Gasteiger partial charge is 0.289 e. The summed E-state index contributed by atoms with van der Waals surface area (Å²) in [4.78, 5) is 11.6. The number of fused-ring (bicyclic) bond motifs is 1. The van der Waals surface area contributed by atoms with Crippen LogP contribution in [0, 0.1) is 0 Å². The molecule has 70 valence electrons. The fraction of sp³-hybridized carbons (Fsp3) is 0.0833. The van der Waals surface area contributed by atoms with E-state index >= 15 is 0 Å². The van der Waals surface area contributed by atoms with Gasteiger partial charge in [0.05, 0.1) is 0 Å². The molecule has 2 rings (SSSR count). The van der Waals surface area contributed by atoms with Gasteiger partial charge in [-0.15, -0.1) is 11.3 Å². The molecule has 0 aliphatic heterocycles. The molecule has 1 aromatic heterocycles. The van der Waals surface area contributed by atoms with E-state index in [4.69, 9.17) is 0 Å². The Bertz CT molecular complexity index is 494. The lowest BCUT2D eigenvalue weighted by Crippen LogP contribution is -1.91. The second kappa shape index (κ2) is 3.76. The standard InChI is InChI=1S/C12H10OS/c1-2-5-11(13)10-8-14-12-7-4-3-6-9(10)12/h2-8H,1H3/b5-2+. The van der Waals surface area contributed by atoms with Crippen molar-refractivity contribution < 1.29 is 4.79 Å². The molecular weight excluding hydrogens is 192 g/mol. The quantitative estimate of drug-likeness (QED) is 0.536. The number of thiophene rings is 1. The van der Waals surface area contributed by atoms with Gasteiger partial charge in [0.2, 0.25) is 0 Å². The fourth-order valence-electron chi connectivity index (χ4n) is 1.41. The molecule has 0 N–H and O–H groups in total. The van der Waals surface area contributed by atoms with Crippen LogP contribution in [0.3, 0.4) is 0 Å². The first-order valence-electron chi connectivity index (χ1n) is 4.46. The number of allylic oxidation sites excluding steroid dienone is 2. The molecule has 0 spiro atoms.